The number of thioether (sulfide) groups is 1. The van der Waals surface area contributed by atoms with Gasteiger partial charge in [0.1, 0.15) is 0 Å². The van der Waals surface area contributed by atoms with Crippen molar-refractivity contribution in [2.45, 2.75) is 25.6 Å². The van der Waals surface area contributed by atoms with Crippen molar-refractivity contribution in [2.24, 2.45) is 0 Å². The molecule has 2 rings (SSSR count). The van der Waals surface area contributed by atoms with Crippen LogP contribution in [0.1, 0.15) is 13.8 Å². The lowest BCUT2D eigenvalue weighted by atomic mass is 10.2. The van der Waals surface area contributed by atoms with Crippen molar-refractivity contribution < 1.29 is 0 Å². The van der Waals surface area contributed by atoms with Crippen LogP contribution >= 0.6 is 11.8 Å². The number of rotatable bonds is 5. The second-order valence-electron chi connectivity index (χ2n) is 4.28. The fourth-order valence-electron chi connectivity index (χ4n) is 1.63. The minimum absolute atomic E-state index is 0.701. The van der Waals surface area contributed by atoms with Gasteiger partial charge in [-0.1, -0.05) is 44.2 Å². The van der Waals surface area contributed by atoms with Gasteiger partial charge in [-0.3, -0.25) is 0 Å². The third-order valence-electron chi connectivity index (χ3n) is 2.50. The van der Waals surface area contributed by atoms with Gasteiger partial charge in [0.15, 0.2) is 0 Å². The van der Waals surface area contributed by atoms with Gasteiger partial charge in [-0.05, 0) is 5.25 Å². The topological polar surface area (TPSA) is 17.8 Å². The van der Waals surface area contributed by atoms with E-state index in [9.17, 15) is 0 Å². The van der Waals surface area contributed by atoms with Crippen molar-refractivity contribution in [3.63, 3.8) is 0 Å². The Morgan fingerprint density at radius 1 is 1.24 bits per heavy atom. The molecule has 0 unspecified atom stereocenters. The summed E-state index contributed by atoms with van der Waals surface area (Å²) in [7, 11) is 0. The molecule has 0 N–H and O–H groups in total. The van der Waals surface area contributed by atoms with Gasteiger partial charge in [-0.25, -0.2) is 4.98 Å². The van der Waals surface area contributed by atoms with Crippen molar-refractivity contribution in [2.75, 3.05) is 5.75 Å². The maximum atomic E-state index is 4.44. The normalized spacial score (nSPS) is 11.0. The van der Waals surface area contributed by atoms with Gasteiger partial charge in [-0.15, -0.1) is 0 Å². The molecule has 0 fully saturated rings. The molecule has 2 aromatic rings. The zero-order valence-electron chi connectivity index (χ0n) is 10.3. The zero-order chi connectivity index (χ0) is 12.1. The molecule has 2 nitrogen and oxygen atoms in total. The van der Waals surface area contributed by atoms with E-state index in [0.29, 0.717) is 5.25 Å². The Labute approximate surface area is 107 Å². The van der Waals surface area contributed by atoms with Crippen LogP contribution in [0.3, 0.4) is 0 Å². The van der Waals surface area contributed by atoms with Crippen LogP contribution in [0.25, 0.3) is 11.3 Å². The van der Waals surface area contributed by atoms with Gasteiger partial charge in [0, 0.05) is 24.1 Å². The van der Waals surface area contributed by atoms with Crippen LogP contribution in [-0.4, -0.2) is 20.6 Å². The Morgan fingerprint density at radius 2 is 2.00 bits per heavy atom. The van der Waals surface area contributed by atoms with E-state index in [1.54, 1.807) is 0 Å². The van der Waals surface area contributed by atoms with Crippen LogP contribution < -0.4 is 0 Å². The predicted molar refractivity (Wildman–Crippen MR) is 75.3 cm³/mol. The summed E-state index contributed by atoms with van der Waals surface area (Å²) in [4.78, 5) is 4.44. The summed E-state index contributed by atoms with van der Waals surface area (Å²) in [6.07, 6.45) is 4.04. The lowest BCUT2D eigenvalue weighted by Gasteiger charge is -2.04. The molecule has 90 valence electrons. The molecular weight excluding hydrogens is 228 g/mol. The highest BCUT2D eigenvalue weighted by atomic mass is 32.2. The maximum Gasteiger partial charge on any atom is 0.0954 e. The lowest BCUT2D eigenvalue weighted by Crippen LogP contribution is -1.99. The first-order chi connectivity index (χ1) is 8.25. The van der Waals surface area contributed by atoms with E-state index >= 15 is 0 Å². The minimum atomic E-state index is 0.701. The van der Waals surface area contributed by atoms with Gasteiger partial charge in [-0.2, -0.15) is 11.8 Å². The summed E-state index contributed by atoms with van der Waals surface area (Å²) < 4.78 is 2.16. The molecule has 0 spiro atoms. The first-order valence-corrected chi connectivity index (χ1v) is 6.99. The van der Waals surface area contributed by atoms with Crippen LogP contribution in [-0.2, 0) is 6.54 Å². The molecule has 0 amide bonds. The molecule has 0 radical (unpaired) electrons. The van der Waals surface area contributed by atoms with Gasteiger partial charge in [0.05, 0.1) is 12.0 Å². The molecule has 0 aliphatic carbocycles. The number of hydrogen-bond donors (Lipinski definition) is 0. The predicted octanol–water partition coefficient (Wildman–Crippen LogP) is 3.69. The van der Waals surface area contributed by atoms with E-state index in [1.165, 1.54) is 5.56 Å². The zero-order valence-corrected chi connectivity index (χ0v) is 11.2. The number of aromatic nitrogens is 2. The second-order valence-corrected chi connectivity index (χ2v) is 5.97. The fraction of sp³-hybridized carbons (Fsp3) is 0.357. The maximum absolute atomic E-state index is 4.44. The molecule has 1 aromatic heterocycles. The smallest absolute Gasteiger partial charge is 0.0954 e. The number of nitrogens with zero attached hydrogens (tertiary/aromatic N) is 2. The second kappa shape index (κ2) is 5.92. The molecule has 0 saturated carbocycles. The number of benzene rings is 1. The molecular formula is C14H18N2S. The average Bonchev–Trinajstić information content (AvgIpc) is 2.78. The van der Waals surface area contributed by atoms with Crippen molar-refractivity contribution >= 4 is 11.8 Å². The summed E-state index contributed by atoms with van der Waals surface area (Å²) in [5.74, 6) is 1.14. The fourth-order valence-corrected chi connectivity index (χ4v) is 2.42. The van der Waals surface area contributed by atoms with Crippen molar-refractivity contribution in [1.29, 1.82) is 0 Å². The van der Waals surface area contributed by atoms with E-state index in [2.05, 4.69) is 41.7 Å². The summed E-state index contributed by atoms with van der Waals surface area (Å²) in [5.41, 5.74) is 2.24. The summed E-state index contributed by atoms with van der Waals surface area (Å²) in [5, 5.41) is 0.701. The molecule has 0 aliphatic rings. The Kier molecular flexibility index (Phi) is 4.26. The SMILES string of the molecule is CC(C)SCCn1cnc(-c2ccccc2)c1. The summed E-state index contributed by atoms with van der Waals surface area (Å²) in [6, 6.07) is 10.3. The Balaban J connectivity index is 1.97. The minimum Gasteiger partial charge on any atom is -0.336 e. The van der Waals surface area contributed by atoms with Crippen molar-refractivity contribution in [3.8, 4) is 11.3 Å². The summed E-state index contributed by atoms with van der Waals surface area (Å²) >= 11 is 1.98. The van der Waals surface area contributed by atoms with Gasteiger partial charge >= 0.3 is 0 Å². The molecule has 17 heavy (non-hydrogen) atoms. The van der Waals surface area contributed by atoms with Crippen molar-refractivity contribution in [1.82, 2.24) is 9.55 Å². The van der Waals surface area contributed by atoms with E-state index in [0.717, 1.165) is 18.0 Å². The largest absolute Gasteiger partial charge is 0.336 e. The van der Waals surface area contributed by atoms with Crippen LogP contribution in [0.5, 0.6) is 0 Å². The monoisotopic (exact) mass is 246 g/mol. The van der Waals surface area contributed by atoms with Crippen molar-refractivity contribution in [3.05, 3.63) is 42.9 Å². The molecule has 0 atom stereocenters. The molecule has 1 heterocycles. The number of imidazole rings is 1. The van der Waals surface area contributed by atoms with Gasteiger partial charge in [0.25, 0.3) is 0 Å². The van der Waals surface area contributed by atoms with Gasteiger partial charge in [0.2, 0.25) is 0 Å². The highest BCUT2D eigenvalue weighted by molar-refractivity contribution is 7.99. The number of aryl methyl sites for hydroxylation is 1. The first kappa shape index (κ1) is 12.2. The highest BCUT2D eigenvalue weighted by Crippen LogP contribution is 2.16. The number of hydrogen-bond acceptors (Lipinski definition) is 2. The van der Waals surface area contributed by atoms with E-state index in [4.69, 9.17) is 0 Å². The van der Waals surface area contributed by atoms with Gasteiger partial charge < -0.3 is 4.57 Å². The average molecular weight is 246 g/mol. The van der Waals surface area contributed by atoms with Crippen LogP contribution in [0.15, 0.2) is 42.9 Å². The Morgan fingerprint density at radius 3 is 2.71 bits per heavy atom. The third kappa shape index (κ3) is 3.63. The molecule has 0 saturated heterocycles. The molecule has 0 bridgehead atoms. The summed E-state index contributed by atoms with van der Waals surface area (Å²) in [6.45, 7) is 5.49. The highest BCUT2D eigenvalue weighted by Gasteiger charge is 2.01. The van der Waals surface area contributed by atoms with E-state index < -0.39 is 0 Å². The molecule has 3 heteroatoms. The van der Waals surface area contributed by atoms with Crippen LogP contribution in [0.2, 0.25) is 0 Å². The lowest BCUT2D eigenvalue weighted by molar-refractivity contribution is 0.769. The van der Waals surface area contributed by atoms with Crippen LogP contribution in [0.4, 0.5) is 0 Å². The molecule has 0 aliphatic heterocycles. The Bertz CT molecular complexity index is 448. The Hall–Kier alpha value is -1.22. The van der Waals surface area contributed by atoms with E-state index in [-0.39, 0.29) is 0 Å². The van der Waals surface area contributed by atoms with E-state index in [1.807, 2.05) is 36.3 Å². The molecule has 1 aromatic carbocycles. The quantitative estimate of drug-likeness (QED) is 0.800. The standard InChI is InChI=1S/C14H18N2S/c1-12(2)17-9-8-16-10-14(15-11-16)13-6-4-3-5-7-13/h3-7,10-12H,8-9H2,1-2H3. The third-order valence-corrected chi connectivity index (χ3v) is 3.59. The first-order valence-electron chi connectivity index (χ1n) is 5.94. The van der Waals surface area contributed by atoms with Crippen LogP contribution in [0, 0.1) is 0 Å².